The Balaban J connectivity index is 2.86. The first-order chi connectivity index (χ1) is 9.18. The zero-order chi connectivity index (χ0) is 15.5. The van der Waals surface area contributed by atoms with Gasteiger partial charge in [0.2, 0.25) is 11.8 Å². The molecule has 1 aliphatic heterocycles. The van der Waals surface area contributed by atoms with Gasteiger partial charge in [-0.3, -0.25) is 19.6 Å². The first kappa shape index (κ1) is 16.4. The molecule has 0 radical (unpaired) electrons. The molecule has 0 aromatic heterocycles. The summed E-state index contributed by atoms with van der Waals surface area (Å²) in [4.78, 5) is 36.7. The molecule has 1 fully saturated rings. The molecular formula is C13H23N3O4. The number of nitrogens with two attached hydrogens (primary N) is 1. The Morgan fingerprint density at radius 3 is 2.55 bits per heavy atom. The molecule has 1 unspecified atom stereocenters. The number of primary amides is 1. The van der Waals surface area contributed by atoms with Gasteiger partial charge in [0.1, 0.15) is 6.54 Å². The minimum Gasteiger partial charge on any atom is -0.370 e. The Kier molecular flexibility index (Phi) is 5.10. The maximum absolute atomic E-state index is 12.5. The Hall–Kier alpha value is -1.63. The van der Waals surface area contributed by atoms with Crippen LogP contribution in [0.4, 0.5) is 0 Å². The topological polar surface area (TPSA) is 104 Å². The quantitative estimate of drug-likeness (QED) is 0.528. The maximum Gasteiger partial charge on any atom is 0.265 e. The van der Waals surface area contributed by atoms with Crippen molar-refractivity contribution in [3.8, 4) is 0 Å². The number of amides is 3. The van der Waals surface area contributed by atoms with Gasteiger partial charge in [0, 0.05) is 20.0 Å². The molecular weight excluding hydrogens is 262 g/mol. The summed E-state index contributed by atoms with van der Waals surface area (Å²) in [6, 6.07) is 0. The van der Waals surface area contributed by atoms with Crippen LogP contribution in [0.2, 0.25) is 0 Å². The van der Waals surface area contributed by atoms with E-state index >= 15 is 0 Å². The lowest BCUT2D eigenvalue weighted by atomic mass is 9.76. The first-order valence-electron chi connectivity index (χ1n) is 6.71. The largest absolute Gasteiger partial charge is 0.370 e. The van der Waals surface area contributed by atoms with Crippen molar-refractivity contribution in [2.24, 2.45) is 17.1 Å². The molecule has 114 valence electrons. The van der Waals surface area contributed by atoms with Crippen LogP contribution in [-0.4, -0.2) is 53.0 Å². The monoisotopic (exact) mass is 285 g/mol. The molecule has 1 saturated heterocycles. The highest BCUT2D eigenvalue weighted by molar-refractivity contribution is 5.92. The van der Waals surface area contributed by atoms with E-state index in [-0.39, 0.29) is 24.8 Å². The number of carbonyl (C=O) groups is 3. The number of likely N-dealkylation sites (N-methyl/N-ethyl adjacent to an activating group) is 1. The molecule has 0 aromatic carbocycles. The lowest BCUT2D eigenvalue weighted by Gasteiger charge is -2.28. The second-order valence-corrected chi connectivity index (χ2v) is 5.92. The molecule has 7 heteroatoms. The third-order valence-corrected chi connectivity index (χ3v) is 3.60. The predicted molar refractivity (Wildman–Crippen MR) is 71.5 cm³/mol. The molecule has 1 atom stereocenters. The molecule has 0 aromatic rings. The lowest BCUT2D eigenvalue weighted by molar-refractivity contribution is -0.162. The number of hydrogen-bond acceptors (Lipinski definition) is 4. The van der Waals surface area contributed by atoms with Crippen LogP contribution in [0.3, 0.4) is 0 Å². The van der Waals surface area contributed by atoms with E-state index in [1.807, 2.05) is 13.8 Å². The van der Waals surface area contributed by atoms with E-state index in [9.17, 15) is 14.4 Å². The maximum atomic E-state index is 12.5. The molecule has 0 spiro atoms. The normalized spacial score (nSPS) is 22.4. The second kappa shape index (κ2) is 6.21. The minimum atomic E-state index is -0.797. The molecule has 0 aliphatic carbocycles. The number of rotatable bonds is 6. The molecule has 7 nitrogen and oxygen atoms in total. The molecule has 0 saturated carbocycles. The van der Waals surface area contributed by atoms with E-state index in [0.717, 1.165) is 0 Å². The van der Waals surface area contributed by atoms with Crippen LogP contribution < -0.4 is 5.73 Å². The van der Waals surface area contributed by atoms with E-state index in [1.54, 1.807) is 0 Å². The van der Waals surface area contributed by atoms with Gasteiger partial charge < -0.3 is 10.6 Å². The highest BCUT2D eigenvalue weighted by Gasteiger charge is 2.48. The fraction of sp³-hybridized carbons (Fsp3) is 0.769. The van der Waals surface area contributed by atoms with Gasteiger partial charge in [-0.15, -0.1) is 0 Å². The molecule has 3 N–H and O–H groups in total. The lowest BCUT2D eigenvalue weighted by Crippen LogP contribution is -2.42. The van der Waals surface area contributed by atoms with Crippen molar-refractivity contribution in [3.05, 3.63) is 0 Å². The summed E-state index contributed by atoms with van der Waals surface area (Å²) in [5.41, 5.74) is 4.47. The Labute approximate surface area is 118 Å². The molecule has 1 aliphatic rings. The summed E-state index contributed by atoms with van der Waals surface area (Å²) in [6.07, 6.45) is 1.08. The van der Waals surface area contributed by atoms with Gasteiger partial charge in [-0.05, 0) is 18.8 Å². The Morgan fingerprint density at radius 1 is 1.50 bits per heavy atom. The number of carbonyl (C=O) groups excluding carboxylic acids is 3. The molecule has 1 heterocycles. The van der Waals surface area contributed by atoms with Gasteiger partial charge >= 0.3 is 0 Å². The van der Waals surface area contributed by atoms with Crippen LogP contribution in [-0.2, 0) is 14.4 Å². The zero-order valence-corrected chi connectivity index (χ0v) is 12.3. The van der Waals surface area contributed by atoms with Crippen LogP contribution in [0, 0.1) is 11.3 Å². The van der Waals surface area contributed by atoms with Crippen LogP contribution in [0.1, 0.15) is 33.1 Å². The van der Waals surface area contributed by atoms with E-state index in [0.29, 0.717) is 24.4 Å². The van der Waals surface area contributed by atoms with Gasteiger partial charge in [-0.25, -0.2) is 5.06 Å². The minimum absolute atomic E-state index is 0.00364. The van der Waals surface area contributed by atoms with Crippen molar-refractivity contribution in [3.63, 3.8) is 0 Å². The van der Waals surface area contributed by atoms with Crippen LogP contribution in [0.5, 0.6) is 0 Å². The third kappa shape index (κ3) is 3.69. The number of hydroxylamine groups is 2. The Bertz CT molecular complexity index is 408. The van der Waals surface area contributed by atoms with Gasteiger partial charge in [0.25, 0.3) is 5.91 Å². The molecule has 3 amide bonds. The summed E-state index contributed by atoms with van der Waals surface area (Å²) < 4.78 is 0. The average molecular weight is 285 g/mol. The smallest absolute Gasteiger partial charge is 0.265 e. The van der Waals surface area contributed by atoms with Crippen molar-refractivity contribution in [2.45, 2.75) is 33.1 Å². The molecule has 1 rings (SSSR count). The summed E-state index contributed by atoms with van der Waals surface area (Å²) in [7, 11) is 1.22. The van der Waals surface area contributed by atoms with Crippen LogP contribution in [0.25, 0.3) is 0 Å². The Morgan fingerprint density at radius 2 is 2.10 bits per heavy atom. The molecule has 0 bridgehead atoms. The first-order valence-corrected chi connectivity index (χ1v) is 6.71. The highest BCUT2D eigenvalue weighted by Crippen LogP contribution is 2.40. The number of nitrogens with zero attached hydrogens (tertiary/aromatic N) is 2. The average Bonchev–Trinajstić information content (AvgIpc) is 2.56. The molecule has 20 heavy (non-hydrogen) atoms. The summed E-state index contributed by atoms with van der Waals surface area (Å²) >= 11 is 0. The predicted octanol–water partition coefficient (Wildman–Crippen LogP) is -0.0258. The number of likely N-dealkylation sites (tertiary alicyclic amines) is 1. The van der Waals surface area contributed by atoms with Gasteiger partial charge in [0.15, 0.2) is 0 Å². The third-order valence-electron chi connectivity index (χ3n) is 3.60. The van der Waals surface area contributed by atoms with Gasteiger partial charge in [-0.1, -0.05) is 13.8 Å². The van der Waals surface area contributed by atoms with Crippen molar-refractivity contribution >= 4 is 17.7 Å². The standard InChI is InChI=1S/C13H23N3O4/c1-9(2)6-13(7-10(14)17)4-5-16(12(13)19)8-11(18)15(3)20/h9,20H,4-8H2,1-3H3,(H2,14,17). The van der Waals surface area contributed by atoms with Crippen molar-refractivity contribution < 1.29 is 19.6 Å². The summed E-state index contributed by atoms with van der Waals surface area (Å²) in [5.74, 6) is -1.04. The number of hydrogen-bond donors (Lipinski definition) is 2. The summed E-state index contributed by atoms with van der Waals surface area (Å²) in [6.45, 7) is 4.18. The van der Waals surface area contributed by atoms with Crippen molar-refractivity contribution in [2.75, 3.05) is 20.1 Å². The van der Waals surface area contributed by atoms with Crippen LogP contribution >= 0.6 is 0 Å². The van der Waals surface area contributed by atoms with Gasteiger partial charge in [-0.2, -0.15) is 0 Å². The SMILES string of the molecule is CC(C)CC1(CC(N)=O)CCN(CC(=O)N(C)O)C1=O. The fourth-order valence-corrected chi connectivity index (χ4v) is 2.85. The van der Waals surface area contributed by atoms with E-state index in [2.05, 4.69) is 0 Å². The van der Waals surface area contributed by atoms with Crippen molar-refractivity contribution in [1.29, 1.82) is 0 Å². The van der Waals surface area contributed by atoms with E-state index < -0.39 is 17.2 Å². The highest BCUT2D eigenvalue weighted by atomic mass is 16.5. The van der Waals surface area contributed by atoms with Crippen LogP contribution in [0.15, 0.2) is 0 Å². The summed E-state index contributed by atoms with van der Waals surface area (Å²) in [5, 5.41) is 9.52. The zero-order valence-electron chi connectivity index (χ0n) is 12.3. The fourth-order valence-electron chi connectivity index (χ4n) is 2.85. The van der Waals surface area contributed by atoms with E-state index in [4.69, 9.17) is 10.9 Å². The van der Waals surface area contributed by atoms with Crippen molar-refractivity contribution in [1.82, 2.24) is 9.96 Å². The van der Waals surface area contributed by atoms with Gasteiger partial charge in [0.05, 0.1) is 5.41 Å². The van der Waals surface area contributed by atoms with E-state index in [1.165, 1.54) is 11.9 Å². The second-order valence-electron chi connectivity index (χ2n) is 5.92.